The van der Waals surface area contributed by atoms with Crippen molar-refractivity contribution in [3.8, 4) is 0 Å². The predicted octanol–water partition coefficient (Wildman–Crippen LogP) is 5.14. The summed E-state index contributed by atoms with van der Waals surface area (Å²) in [6.07, 6.45) is 0.341. The first-order chi connectivity index (χ1) is 8.97. The average Bonchev–Trinajstić information content (AvgIpc) is 2.33. The second-order valence-electron chi connectivity index (χ2n) is 4.21. The summed E-state index contributed by atoms with van der Waals surface area (Å²) < 4.78 is 14.5. The molecule has 100 valence electrons. The van der Waals surface area contributed by atoms with Crippen LogP contribution in [0.5, 0.6) is 0 Å². The van der Waals surface area contributed by atoms with Crippen LogP contribution in [0.3, 0.4) is 0 Å². The van der Waals surface area contributed by atoms with E-state index < -0.39 is 0 Å². The van der Waals surface area contributed by atoms with Gasteiger partial charge in [-0.15, -0.1) is 0 Å². The summed E-state index contributed by atoms with van der Waals surface area (Å²) in [5, 5.41) is 1.05. The van der Waals surface area contributed by atoms with Crippen LogP contribution in [-0.2, 0) is 6.42 Å². The minimum atomic E-state index is -0.381. The van der Waals surface area contributed by atoms with Gasteiger partial charge in [0.1, 0.15) is 5.82 Å². The molecule has 0 radical (unpaired) electrons. The minimum Gasteiger partial charge on any atom is -0.324 e. The SMILES string of the molecule is NC(Cc1cc(Cl)ccc1F)c1ccc(Br)cc1Cl. The molecular weight excluding hydrogens is 352 g/mol. The van der Waals surface area contributed by atoms with E-state index in [0.29, 0.717) is 22.0 Å². The van der Waals surface area contributed by atoms with E-state index in [9.17, 15) is 4.39 Å². The molecule has 19 heavy (non-hydrogen) atoms. The monoisotopic (exact) mass is 361 g/mol. The van der Waals surface area contributed by atoms with Gasteiger partial charge in [-0.1, -0.05) is 45.2 Å². The van der Waals surface area contributed by atoms with Crippen molar-refractivity contribution in [1.29, 1.82) is 0 Å². The van der Waals surface area contributed by atoms with Crippen LogP contribution in [0.4, 0.5) is 4.39 Å². The molecule has 5 heteroatoms. The van der Waals surface area contributed by atoms with Crippen LogP contribution in [-0.4, -0.2) is 0 Å². The van der Waals surface area contributed by atoms with Gasteiger partial charge in [-0.3, -0.25) is 0 Å². The second kappa shape index (κ2) is 6.23. The lowest BCUT2D eigenvalue weighted by Gasteiger charge is -2.15. The van der Waals surface area contributed by atoms with E-state index in [1.807, 2.05) is 12.1 Å². The van der Waals surface area contributed by atoms with Gasteiger partial charge in [-0.2, -0.15) is 0 Å². The molecule has 0 aliphatic carbocycles. The molecule has 0 saturated carbocycles. The highest BCUT2D eigenvalue weighted by Crippen LogP contribution is 2.28. The Morgan fingerprint density at radius 1 is 1.16 bits per heavy atom. The Hall–Kier alpha value is -0.610. The Balaban J connectivity index is 2.25. The van der Waals surface area contributed by atoms with E-state index >= 15 is 0 Å². The first kappa shape index (κ1) is 14.8. The van der Waals surface area contributed by atoms with Gasteiger partial charge in [0, 0.05) is 20.6 Å². The summed E-state index contributed by atoms with van der Waals surface area (Å²) in [5.74, 6) is -0.312. The molecule has 0 aromatic heterocycles. The van der Waals surface area contributed by atoms with E-state index in [-0.39, 0.29) is 11.9 Å². The highest BCUT2D eigenvalue weighted by Gasteiger charge is 2.14. The molecule has 2 aromatic carbocycles. The Kier molecular flexibility index (Phi) is 4.85. The molecular formula is C14H11BrCl2FN. The smallest absolute Gasteiger partial charge is 0.126 e. The quantitative estimate of drug-likeness (QED) is 0.803. The summed E-state index contributed by atoms with van der Waals surface area (Å²) in [6, 6.07) is 9.52. The lowest BCUT2D eigenvalue weighted by atomic mass is 9.99. The standard InChI is InChI=1S/C14H11BrCl2FN/c15-9-1-3-11(12(17)7-9)14(19)6-8-5-10(16)2-4-13(8)18/h1-5,7,14H,6,19H2. The van der Waals surface area contributed by atoms with Crippen molar-refractivity contribution >= 4 is 39.1 Å². The van der Waals surface area contributed by atoms with Crippen LogP contribution >= 0.6 is 39.1 Å². The van der Waals surface area contributed by atoms with Crippen LogP contribution in [0.1, 0.15) is 17.2 Å². The fraction of sp³-hybridized carbons (Fsp3) is 0.143. The van der Waals surface area contributed by atoms with Crippen molar-refractivity contribution in [2.45, 2.75) is 12.5 Å². The summed E-state index contributed by atoms with van der Waals surface area (Å²) in [6.45, 7) is 0. The van der Waals surface area contributed by atoms with E-state index in [2.05, 4.69) is 15.9 Å². The highest BCUT2D eigenvalue weighted by atomic mass is 79.9. The van der Waals surface area contributed by atoms with Gasteiger partial charge < -0.3 is 5.73 Å². The Morgan fingerprint density at radius 2 is 1.89 bits per heavy atom. The van der Waals surface area contributed by atoms with Crippen molar-refractivity contribution < 1.29 is 4.39 Å². The molecule has 0 spiro atoms. The Bertz CT molecular complexity index is 604. The second-order valence-corrected chi connectivity index (χ2v) is 5.97. The third-order valence-corrected chi connectivity index (χ3v) is 3.87. The molecule has 0 fully saturated rings. The van der Waals surface area contributed by atoms with Gasteiger partial charge >= 0.3 is 0 Å². The van der Waals surface area contributed by atoms with Gasteiger partial charge in [-0.05, 0) is 47.9 Å². The molecule has 1 nitrogen and oxygen atoms in total. The van der Waals surface area contributed by atoms with Crippen molar-refractivity contribution in [3.05, 3.63) is 67.9 Å². The van der Waals surface area contributed by atoms with Gasteiger partial charge in [-0.25, -0.2) is 4.39 Å². The summed E-state index contributed by atoms with van der Waals surface area (Å²) in [7, 11) is 0. The molecule has 0 aliphatic heterocycles. The largest absolute Gasteiger partial charge is 0.324 e. The van der Waals surface area contributed by atoms with Crippen LogP contribution in [0.2, 0.25) is 10.0 Å². The highest BCUT2D eigenvalue weighted by molar-refractivity contribution is 9.10. The molecule has 0 heterocycles. The Labute approximate surface area is 129 Å². The molecule has 2 aromatic rings. The zero-order chi connectivity index (χ0) is 14.0. The first-order valence-electron chi connectivity index (χ1n) is 5.62. The fourth-order valence-electron chi connectivity index (χ4n) is 1.85. The van der Waals surface area contributed by atoms with Crippen LogP contribution < -0.4 is 5.73 Å². The lowest BCUT2D eigenvalue weighted by Crippen LogP contribution is -2.14. The number of halogens is 4. The molecule has 2 rings (SSSR count). The van der Waals surface area contributed by atoms with E-state index in [4.69, 9.17) is 28.9 Å². The average molecular weight is 363 g/mol. The number of rotatable bonds is 3. The third kappa shape index (κ3) is 3.69. The van der Waals surface area contributed by atoms with Crippen molar-refractivity contribution in [1.82, 2.24) is 0 Å². The van der Waals surface area contributed by atoms with Gasteiger partial charge in [0.15, 0.2) is 0 Å². The third-order valence-electron chi connectivity index (χ3n) is 2.81. The summed E-state index contributed by atoms with van der Waals surface area (Å²) in [4.78, 5) is 0. The number of nitrogens with two attached hydrogens (primary N) is 1. The van der Waals surface area contributed by atoms with E-state index in [1.165, 1.54) is 12.1 Å². The van der Waals surface area contributed by atoms with Crippen molar-refractivity contribution in [2.75, 3.05) is 0 Å². The van der Waals surface area contributed by atoms with E-state index in [1.54, 1.807) is 12.1 Å². The first-order valence-corrected chi connectivity index (χ1v) is 7.16. The molecule has 2 N–H and O–H groups in total. The number of hydrogen-bond acceptors (Lipinski definition) is 1. The number of benzene rings is 2. The predicted molar refractivity (Wildman–Crippen MR) is 81.2 cm³/mol. The molecule has 1 unspecified atom stereocenters. The normalized spacial score (nSPS) is 12.5. The maximum atomic E-state index is 13.7. The summed E-state index contributed by atoms with van der Waals surface area (Å²) in [5.41, 5.74) is 7.35. The van der Waals surface area contributed by atoms with Crippen LogP contribution in [0, 0.1) is 5.82 Å². The van der Waals surface area contributed by atoms with Crippen molar-refractivity contribution in [2.24, 2.45) is 5.73 Å². The number of hydrogen-bond donors (Lipinski definition) is 1. The summed E-state index contributed by atoms with van der Waals surface area (Å²) >= 11 is 15.3. The zero-order valence-electron chi connectivity index (χ0n) is 9.84. The Morgan fingerprint density at radius 3 is 2.58 bits per heavy atom. The molecule has 0 aliphatic rings. The molecule has 0 amide bonds. The fourth-order valence-corrected chi connectivity index (χ4v) is 2.86. The van der Waals surface area contributed by atoms with Gasteiger partial charge in [0.05, 0.1) is 0 Å². The van der Waals surface area contributed by atoms with Crippen LogP contribution in [0.25, 0.3) is 0 Å². The van der Waals surface area contributed by atoms with Crippen molar-refractivity contribution in [3.63, 3.8) is 0 Å². The zero-order valence-corrected chi connectivity index (χ0v) is 12.9. The maximum Gasteiger partial charge on any atom is 0.126 e. The molecule has 0 bridgehead atoms. The maximum absolute atomic E-state index is 13.7. The molecule has 0 saturated heterocycles. The lowest BCUT2D eigenvalue weighted by molar-refractivity contribution is 0.593. The van der Waals surface area contributed by atoms with Gasteiger partial charge in [0.25, 0.3) is 0 Å². The van der Waals surface area contributed by atoms with Gasteiger partial charge in [0.2, 0.25) is 0 Å². The molecule has 1 atom stereocenters. The minimum absolute atomic E-state index is 0.312. The topological polar surface area (TPSA) is 26.0 Å². The van der Waals surface area contributed by atoms with E-state index in [0.717, 1.165) is 10.0 Å². The van der Waals surface area contributed by atoms with Crippen LogP contribution in [0.15, 0.2) is 40.9 Å².